The lowest BCUT2D eigenvalue weighted by Crippen LogP contribution is -2.36. The first-order valence-corrected chi connectivity index (χ1v) is 6.80. The van der Waals surface area contributed by atoms with E-state index in [1.54, 1.807) is 17.4 Å². The maximum atomic E-state index is 11.5. The van der Waals surface area contributed by atoms with Gasteiger partial charge in [-0.3, -0.25) is 0 Å². The zero-order valence-corrected chi connectivity index (χ0v) is 11.7. The average Bonchev–Trinajstić information content (AvgIpc) is 2.96. The third-order valence-electron chi connectivity index (χ3n) is 2.40. The van der Waals surface area contributed by atoms with Crippen molar-refractivity contribution >= 4 is 17.4 Å². The van der Waals surface area contributed by atoms with E-state index < -0.39 is 0 Å². The maximum absolute atomic E-state index is 11.5. The Morgan fingerprint density at radius 2 is 2.26 bits per heavy atom. The van der Waals surface area contributed by atoms with E-state index in [4.69, 9.17) is 4.52 Å². The van der Waals surface area contributed by atoms with E-state index >= 15 is 0 Å². The second-order valence-corrected chi connectivity index (χ2v) is 5.47. The molecule has 7 heteroatoms. The second kappa shape index (κ2) is 6.33. The number of carbonyl (C=O) groups is 1. The maximum Gasteiger partial charge on any atom is 0.315 e. The molecular formula is C12H16N4O2S. The Morgan fingerprint density at radius 1 is 1.42 bits per heavy atom. The predicted octanol–water partition coefficient (Wildman–Crippen LogP) is 1.79. The van der Waals surface area contributed by atoms with Gasteiger partial charge in [-0.1, -0.05) is 5.16 Å². The van der Waals surface area contributed by atoms with Crippen LogP contribution >= 0.6 is 11.3 Å². The first-order valence-electron chi connectivity index (χ1n) is 5.98. The van der Waals surface area contributed by atoms with E-state index in [0.29, 0.717) is 18.8 Å². The summed E-state index contributed by atoms with van der Waals surface area (Å²) < 4.78 is 4.91. The van der Waals surface area contributed by atoms with Gasteiger partial charge in [0.05, 0.1) is 11.6 Å². The number of amides is 2. The smallest absolute Gasteiger partial charge is 0.315 e. The van der Waals surface area contributed by atoms with E-state index in [1.807, 2.05) is 20.0 Å². The minimum atomic E-state index is -0.214. The summed E-state index contributed by atoms with van der Waals surface area (Å²) in [6.07, 6.45) is 2.59. The average molecular weight is 280 g/mol. The molecule has 0 bridgehead atoms. The zero-order valence-electron chi connectivity index (χ0n) is 10.9. The molecule has 0 saturated carbocycles. The van der Waals surface area contributed by atoms with Gasteiger partial charge in [-0.15, -0.1) is 11.3 Å². The standard InChI is InChI=1S/C12H16N4O2S/c1-8-5-10(16-18-8)7-15-12(17)13-4-3-11-14-6-9(2)19-11/h5-6H,3-4,7H2,1-2H3,(H2,13,15,17). The van der Waals surface area contributed by atoms with Gasteiger partial charge in [-0.25, -0.2) is 9.78 Å². The lowest BCUT2D eigenvalue weighted by atomic mass is 10.4. The molecule has 102 valence electrons. The summed E-state index contributed by atoms with van der Waals surface area (Å²) in [5.41, 5.74) is 0.711. The van der Waals surface area contributed by atoms with Gasteiger partial charge in [0, 0.05) is 30.1 Å². The van der Waals surface area contributed by atoms with Crippen molar-refractivity contribution in [3.63, 3.8) is 0 Å². The second-order valence-electron chi connectivity index (χ2n) is 4.15. The van der Waals surface area contributed by atoms with E-state index in [-0.39, 0.29) is 6.03 Å². The van der Waals surface area contributed by atoms with Crippen molar-refractivity contribution in [2.24, 2.45) is 0 Å². The van der Waals surface area contributed by atoms with E-state index in [1.165, 1.54) is 4.88 Å². The van der Waals surface area contributed by atoms with Crippen LogP contribution < -0.4 is 10.6 Å². The fourth-order valence-electron chi connectivity index (χ4n) is 1.53. The fourth-order valence-corrected chi connectivity index (χ4v) is 2.32. The van der Waals surface area contributed by atoms with Crippen molar-refractivity contribution in [2.45, 2.75) is 26.8 Å². The molecule has 0 aliphatic heterocycles. The van der Waals surface area contributed by atoms with Gasteiger partial charge in [0.25, 0.3) is 0 Å². The molecule has 2 aromatic heterocycles. The van der Waals surface area contributed by atoms with Gasteiger partial charge in [0.15, 0.2) is 0 Å². The number of urea groups is 1. The summed E-state index contributed by atoms with van der Waals surface area (Å²) in [5, 5.41) is 10.3. The molecule has 0 aliphatic rings. The molecule has 2 heterocycles. The molecule has 2 aromatic rings. The summed E-state index contributed by atoms with van der Waals surface area (Å²) in [7, 11) is 0. The molecule has 0 aliphatic carbocycles. The Balaban J connectivity index is 1.64. The molecular weight excluding hydrogens is 264 g/mol. The third-order valence-corrected chi connectivity index (χ3v) is 3.37. The number of hydrogen-bond donors (Lipinski definition) is 2. The highest BCUT2D eigenvalue weighted by Crippen LogP contribution is 2.10. The van der Waals surface area contributed by atoms with Gasteiger partial charge in [0.1, 0.15) is 11.5 Å². The van der Waals surface area contributed by atoms with Crippen molar-refractivity contribution < 1.29 is 9.32 Å². The minimum absolute atomic E-state index is 0.214. The van der Waals surface area contributed by atoms with Gasteiger partial charge in [-0.2, -0.15) is 0 Å². The van der Waals surface area contributed by atoms with Gasteiger partial charge in [0.2, 0.25) is 0 Å². The van der Waals surface area contributed by atoms with E-state index in [2.05, 4.69) is 20.8 Å². The van der Waals surface area contributed by atoms with Crippen LogP contribution in [0.2, 0.25) is 0 Å². The number of carbonyl (C=O) groups excluding carboxylic acids is 1. The summed E-state index contributed by atoms with van der Waals surface area (Å²) in [4.78, 5) is 16.9. The molecule has 0 aromatic carbocycles. The van der Waals surface area contributed by atoms with Crippen molar-refractivity contribution in [3.05, 3.63) is 33.6 Å². The number of nitrogens with one attached hydrogen (secondary N) is 2. The molecule has 0 saturated heterocycles. The number of aromatic nitrogens is 2. The summed E-state index contributed by atoms with van der Waals surface area (Å²) in [6.45, 7) is 4.75. The summed E-state index contributed by atoms with van der Waals surface area (Å²) in [5.74, 6) is 0.733. The van der Waals surface area contributed by atoms with Crippen molar-refractivity contribution in [1.29, 1.82) is 0 Å². The number of hydrogen-bond acceptors (Lipinski definition) is 5. The molecule has 0 unspecified atom stereocenters. The van der Waals surface area contributed by atoms with Crippen LogP contribution in [-0.4, -0.2) is 22.7 Å². The van der Waals surface area contributed by atoms with Crippen LogP contribution in [0.4, 0.5) is 4.79 Å². The number of thiazole rings is 1. The van der Waals surface area contributed by atoms with Crippen LogP contribution in [0.5, 0.6) is 0 Å². The highest BCUT2D eigenvalue weighted by atomic mass is 32.1. The largest absolute Gasteiger partial charge is 0.361 e. The normalized spacial score (nSPS) is 10.4. The van der Waals surface area contributed by atoms with Crippen LogP contribution in [0.1, 0.15) is 21.3 Å². The Bertz CT molecular complexity index is 549. The van der Waals surface area contributed by atoms with Crippen LogP contribution in [0.3, 0.4) is 0 Å². The van der Waals surface area contributed by atoms with Gasteiger partial charge < -0.3 is 15.2 Å². The molecule has 19 heavy (non-hydrogen) atoms. The summed E-state index contributed by atoms with van der Waals surface area (Å²) >= 11 is 1.65. The third kappa shape index (κ3) is 4.36. The van der Waals surface area contributed by atoms with Gasteiger partial charge >= 0.3 is 6.03 Å². The zero-order chi connectivity index (χ0) is 13.7. The van der Waals surface area contributed by atoms with Gasteiger partial charge in [-0.05, 0) is 13.8 Å². The van der Waals surface area contributed by atoms with Crippen LogP contribution in [0, 0.1) is 13.8 Å². The van der Waals surface area contributed by atoms with E-state index in [0.717, 1.165) is 17.2 Å². The van der Waals surface area contributed by atoms with Crippen LogP contribution in [0.25, 0.3) is 0 Å². The monoisotopic (exact) mass is 280 g/mol. The lowest BCUT2D eigenvalue weighted by Gasteiger charge is -2.04. The van der Waals surface area contributed by atoms with Crippen molar-refractivity contribution in [2.75, 3.05) is 6.54 Å². The van der Waals surface area contributed by atoms with Crippen LogP contribution in [-0.2, 0) is 13.0 Å². The molecule has 0 atom stereocenters. The Labute approximate surface area is 115 Å². The molecule has 2 amide bonds. The van der Waals surface area contributed by atoms with E-state index in [9.17, 15) is 4.79 Å². The highest BCUT2D eigenvalue weighted by molar-refractivity contribution is 7.11. The molecule has 0 fully saturated rings. The Hall–Kier alpha value is -1.89. The Morgan fingerprint density at radius 3 is 2.89 bits per heavy atom. The van der Waals surface area contributed by atoms with Crippen molar-refractivity contribution in [1.82, 2.24) is 20.8 Å². The van der Waals surface area contributed by atoms with Crippen molar-refractivity contribution in [3.8, 4) is 0 Å². The molecule has 6 nitrogen and oxygen atoms in total. The molecule has 0 radical (unpaired) electrons. The highest BCUT2D eigenvalue weighted by Gasteiger charge is 2.04. The first kappa shape index (κ1) is 13.5. The van der Waals surface area contributed by atoms with Crippen LogP contribution in [0.15, 0.2) is 16.8 Å². The minimum Gasteiger partial charge on any atom is -0.361 e. The fraction of sp³-hybridized carbons (Fsp3) is 0.417. The molecule has 0 spiro atoms. The first-order chi connectivity index (χ1) is 9.13. The quantitative estimate of drug-likeness (QED) is 0.875. The predicted molar refractivity (Wildman–Crippen MR) is 72.0 cm³/mol. The number of aryl methyl sites for hydroxylation is 2. The lowest BCUT2D eigenvalue weighted by molar-refractivity contribution is 0.240. The summed E-state index contributed by atoms with van der Waals surface area (Å²) in [6, 6.07) is 1.58. The SMILES string of the molecule is Cc1cc(CNC(=O)NCCc2ncc(C)s2)no1. The number of rotatable bonds is 5. The Kier molecular flexibility index (Phi) is 4.51. The topological polar surface area (TPSA) is 80.0 Å². The molecule has 2 rings (SSSR count). The molecule has 2 N–H and O–H groups in total. The number of nitrogens with zero attached hydrogens (tertiary/aromatic N) is 2.